The molecule has 0 saturated carbocycles. The second-order valence-corrected chi connectivity index (χ2v) is 3.49. The van der Waals surface area contributed by atoms with E-state index in [0.717, 1.165) is 6.42 Å². The molecule has 0 spiro atoms. The molecule has 16 heavy (non-hydrogen) atoms. The molecule has 1 atom stereocenters. The highest BCUT2D eigenvalue weighted by atomic mass is 16.3. The zero-order valence-electron chi connectivity index (χ0n) is 9.31. The molecule has 0 aliphatic carbocycles. The van der Waals surface area contributed by atoms with Gasteiger partial charge in [-0.05, 0) is 18.6 Å². The molecule has 0 fully saturated rings. The van der Waals surface area contributed by atoms with E-state index in [1.165, 1.54) is 0 Å². The van der Waals surface area contributed by atoms with Gasteiger partial charge in [0.2, 0.25) is 0 Å². The normalized spacial score (nSPS) is 11.9. The van der Waals surface area contributed by atoms with Crippen molar-refractivity contribution in [1.29, 1.82) is 0 Å². The topological polar surface area (TPSA) is 74.2 Å². The fourth-order valence-corrected chi connectivity index (χ4v) is 1.24. The molecule has 1 rings (SSSR count). The predicted molar refractivity (Wildman–Crippen MR) is 62.2 cm³/mol. The van der Waals surface area contributed by atoms with Crippen molar-refractivity contribution >= 4 is 11.8 Å². The highest BCUT2D eigenvalue weighted by Crippen LogP contribution is 1.99. The highest BCUT2D eigenvalue weighted by Gasteiger charge is 2.05. The summed E-state index contributed by atoms with van der Waals surface area (Å²) in [6.45, 7) is 2.24. The third-order valence-electron chi connectivity index (χ3n) is 2.03. The van der Waals surface area contributed by atoms with E-state index in [1.807, 2.05) is 6.92 Å². The first-order chi connectivity index (χ1) is 7.72. The van der Waals surface area contributed by atoms with Gasteiger partial charge in [-0.3, -0.25) is 5.32 Å². The van der Waals surface area contributed by atoms with Gasteiger partial charge in [0.15, 0.2) is 0 Å². The van der Waals surface area contributed by atoms with Crippen LogP contribution in [0.3, 0.4) is 0 Å². The molecule has 5 heteroatoms. The van der Waals surface area contributed by atoms with Crippen LogP contribution in [0.5, 0.6) is 0 Å². The molecule has 0 aliphatic rings. The van der Waals surface area contributed by atoms with Crippen molar-refractivity contribution in [2.75, 3.05) is 11.9 Å². The molecule has 0 bridgehead atoms. The Kier molecular flexibility index (Phi) is 5.28. The Morgan fingerprint density at radius 1 is 1.56 bits per heavy atom. The molecule has 0 radical (unpaired) electrons. The van der Waals surface area contributed by atoms with Crippen LogP contribution in [0.1, 0.15) is 19.8 Å². The molecule has 1 aromatic heterocycles. The van der Waals surface area contributed by atoms with Gasteiger partial charge >= 0.3 is 6.03 Å². The first-order valence-corrected chi connectivity index (χ1v) is 5.36. The zero-order valence-corrected chi connectivity index (χ0v) is 9.31. The van der Waals surface area contributed by atoms with E-state index in [9.17, 15) is 9.90 Å². The zero-order chi connectivity index (χ0) is 11.8. The highest BCUT2D eigenvalue weighted by molar-refractivity contribution is 5.88. The number of nitrogens with one attached hydrogen (secondary N) is 2. The number of aliphatic hydroxyl groups is 1. The number of rotatable bonds is 5. The summed E-state index contributed by atoms with van der Waals surface area (Å²) >= 11 is 0. The number of amides is 2. The van der Waals surface area contributed by atoms with E-state index in [4.69, 9.17) is 0 Å². The molecule has 0 saturated heterocycles. The average molecular weight is 223 g/mol. The maximum Gasteiger partial charge on any atom is 0.320 e. The number of pyridine rings is 1. The van der Waals surface area contributed by atoms with E-state index in [0.29, 0.717) is 12.2 Å². The van der Waals surface area contributed by atoms with Crippen LogP contribution < -0.4 is 10.6 Å². The lowest BCUT2D eigenvalue weighted by atomic mass is 10.2. The smallest absolute Gasteiger partial charge is 0.320 e. The van der Waals surface area contributed by atoms with Crippen molar-refractivity contribution in [2.45, 2.75) is 25.9 Å². The van der Waals surface area contributed by atoms with Gasteiger partial charge in [-0.1, -0.05) is 19.4 Å². The Bertz CT molecular complexity index is 316. The van der Waals surface area contributed by atoms with Crippen LogP contribution in [0.2, 0.25) is 0 Å². The molecule has 5 nitrogen and oxygen atoms in total. The van der Waals surface area contributed by atoms with Gasteiger partial charge in [-0.25, -0.2) is 9.78 Å². The van der Waals surface area contributed by atoms with Crippen molar-refractivity contribution in [2.24, 2.45) is 0 Å². The molecular weight excluding hydrogens is 206 g/mol. The van der Waals surface area contributed by atoms with Crippen LogP contribution in [0, 0.1) is 0 Å². The van der Waals surface area contributed by atoms with Gasteiger partial charge < -0.3 is 10.4 Å². The Morgan fingerprint density at radius 3 is 3.00 bits per heavy atom. The number of carbonyl (C=O) groups excluding carboxylic acids is 1. The van der Waals surface area contributed by atoms with E-state index in [1.54, 1.807) is 24.4 Å². The summed E-state index contributed by atoms with van der Waals surface area (Å²) in [4.78, 5) is 15.3. The van der Waals surface area contributed by atoms with Gasteiger partial charge in [-0.2, -0.15) is 0 Å². The first-order valence-electron chi connectivity index (χ1n) is 5.36. The number of anilines is 1. The van der Waals surface area contributed by atoms with Crippen LogP contribution >= 0.6 is 0 Å². The molecule has 88 valence electrons. The van der Waals surface area contributed by atoms with Crippen LogP contribution in [-0.4, -0.2) is 28.8 Å². The number of carbonyl (C=O) groups is 1. The van der Waals surface area contributed by atoms with Gasteiger partial charge in [-0.15, -0.1) is 0 Å². The predicted octanol–water partition coefficient (Wildman–Crippen LogP) is 1.36. The summed E-state index contributed by atoms with van der Waals surface area (Å²) in [5, 5.41) is 14.5. The first kappa shape index (κ1) is 12.4. The summed E-state index contributed by atoms with van der Waals surface area (Å²) in [5.41, 5.74) is 0. The molecular formula is C11H17N3O2. The van der Waals surface area contributed by atoms with Crippen molar-refractivity contribution in [3.63, 3.8) is 0 Å². The molecule has 3 N–H and O–H groups in total. The van der Waals surface area contributed by atoms with Crippen LogP contribution in [-0.2, 0) is 0 Å². The number of aliphatic hydroxyl groups excluding tert-OH is 1. The minimum atomic E-state index is -0.487. The Balaban J connectivity index is 2.26. The third kappa shape index (κ3) is 4.75. The maximum absolute atomic E-state index is 11.3. The van der Waals surface area contributed by atoms with Crippen molar-refractivity contribution < 1.29 is 9.90 Å². The second-order valence-electron chi connectivity index (χ2n) is 3.49. The Hall–Kier alpha value is -1.62. The fourth-order valence-electron chi connectivity index (χ4n) is 1.24. The van der Waals surface area contributed by atoms with Gasteiger partial charge in [0, 0.05) is 12.7 Å². The van der Waals surface area contributed by atoms with Gasteiger partial charge in [0.25, 0.3) is 0 Å². The quantitative estimate of drug-likeness (QED) is 0.705. The van der Waals surface area contributed by atoms with Crippen LogP contribution in [0.15, 0.2) is 24.4 Å². The second kappa shape index (κ2) is 6.79. The lowest BCUT2D eigenvalue weighted by Gasteiger charge is -2.11. The summed E-state index contributed by atoms with van der Waals surface area (Å²) in [6.07, 6.45) is 2.69. The minimum Gasteiger partial charge on any atom is -0.391 e. The third-order valence-corrected chi connectivity index (χ3v) is 2.03. The largest absolute Gasteiger partial charge is 0.391 e. The monoisotopic (exact) mass is 223 g/mol. The average Bonchev–Trinajstić information content (AvgIpc) is 2.28. The molecule has 0 aromatic carbocycles. The van der Waals surface area contributed by atoms with Crippen molar-refractivity contribution in [1.82, 2.24) is 10.3 Å². The summed E-state index contributed by atoms with van der Waals surface area (Å²) in [5.74, 6) is 0.491. The van der Waals surface area contributed by atoms with E-state index in [-0.39, 0.29) is 12.6 Å². The van der Waals surface area contributed by atoms with E-state index >= 15 is 0 Å². The molecule has 0 aliphatic heterocycles. The van der Waals surface area contributed by atoms with Crippen LogP contribution in [0.4, 0.5) is 10.6 Å². The summed E-state index contributed by atoms with van der Waals surface area (Å²) in [7, 11) is 0. The van der Waals surface area contributed by atoms with E-state index in [2.05, 4.69) is 15.6 Å². The molecule has 1 aromatic rings. The number of hydrogen-bond donors (Lipinski definition) is 3. The van der Waals surface area contributed by atoms with Crippen LogP contribution in [0.25, 0.3) is 0 Å². The number of nitrogens with zero attached hydrogens (tertiary/aromatic N) is 1. The van der Waals surface area contributed by atoms with E-state index < -0.39 is 6.10 Å². The Morgan fingerprint density at radius 2 is 2.38 bits per heavy atom. The minimum absolute atomic E-state index is 0.256. The standard InChI is InChI=1S/C11H17N3O2/c1-2-5-9(15)8-13-11(16)14-10-6-3-4-7-12-10/h3-4,6-7,9,15H,2,5,8H2,1H3,(H2,12,13,14,16). The van der Waals surface area contributed by atoms with Crippen molar-refractivity contribution in [3.8, 4) is 0 Å². The fraction of sp³-hybridized carbons (Fsp3) is 0.455. The summed E-state index contributed by atoms with van der Waals surface area (Å²) in [6, 6.07) is 4.90. The number of urea groups is 1. The molecule has 1 heterocycles. The number of aromatic nitrogens is 1. The number of hydrogen-bond acceptors (Lipinski definition) is 3. The SMILES string of the molecule is CCCC(O)CNC(=O)Nc1ccccn1. The maximum atomic E-state index is 11.3. The van der Waals surface area contributed by atoms with Gasteiger partial charge in [0.05, 0.1) is 6.10 Å². The van der Waals surface area contributed by atoms with Gasteiger partial charge in [0.1, 0.15) is 5.82 Å². The lowest BCUT2D eigenvalue weighted by molar-refractivity contribution is 0.162. The molecule has 2 amide bonds. The Labute approximate surface area is 94.9 Å². The lowest BCUT2D eigenvalue weighted by Crippen LogP contribution is -2.35. The summed E-state index contributed by atoms with van der Waals surface area (Å²) < 4.78 is 0. The molecule has 1 unspecified atom stereocenters. The van der Waals surface area contributed by atoms with Crippen molar-refractivity contribution in [3.05, 3.63) is 24.4 Å².